The molecule has 0 heterocycles. The summed E-state index contributed by atoms with van der Waals surface area (Å²) in [4.78, 5) is -1.08. The topological polar surface area (TPSA) is 29.5 Å². The van der Waals surface area contributed by atoms with E-state index in [9.17, 15) is 9.50 Å². The maximum atomic E-state index is 13.8. The van der Waals surface area contributed by atoms with Crippen molar-refractivity contribution in [3.8, 4) is 5.75 Å². The molecule has 0 radical (unpaired) electrons. The second-order valence-corrected chi connectivity index (χ2v) is 4.77. The van der Waals surface area contributed by atoms with E-state index in [1.807, 2.05) is 0 Å². The molecule has 90 valence electrons. The van der Waals surface area contributed by atoms with Gasteiger partial charge >= 0.3 is 0 Å². The Kier molecular flexibility index (Phi) is 4.84. The lowest BCUT2D eigenvalue weighted by Gasteiger charge is -2.16. The molecule has 5 heteroatoms. The first-order valence-corrected chi connectivity index (χ1v) is 5.72. The Morgan fingerprint density at radius 1 is 1.31 bits per heavy atom. The summed E-state index contributed by atoms with van der Waals surface area (Å²) < 4.78 is 19.1. The van der Waals surface area contributed by atoms with E-state index in [1.54, 1.807) is 19.9 Å². The van der Waals surface area contributed by atoms with Crippen LogP contribution in [-0.4, -0.2) is 16.0 Å². The third-order valence-corrected chi connectivity index (χ3v) is 2.39. The molecule has 0 spiro atoms. The molecule has 0 amide bonds. The van der Waals surface area contributed by atoms with Gasteiger partial charge in [0.25, 0.3) is 0 Å². The SMILES string of the molecule is CC(C)Oc1cccc(C(O)C(Cl)Cl)c1F. The fraction of sp³-hybridized carbons (Fsp3) is 0.455. The summed E-state index contributed by atoms with van der Waals surface area (Å²) in [7, 11) is 0. The van der Waals surface area contributed by atoms with Crippen LogP contribution >= 0.6 is 23.2 Å². The molecule has 1 aromatic carbocycles. The summed E-state index contributed by atoms with van der Waals surface area (Å²) in [5.41, 5.74) is 0.0353. The molecular formula is C11H13Cl2FO2. The summed E-state index contributed by atoms with van der Waals surface area (Å²) >= 11 is 11.0. The fourth-order valence-corrected chi connectivity index (χ4v) is 1.51. The van der Waals surface area contributed by atoms with Crippen molar-refractivity contribution in [2.75, 3.05) is 0 Å². The minimum atomic E-state index is -1.26. The highest BCUT2D eigenvalue weighted by molar-refractivity contribution is 6.44. The lowest BCUT2D eigenvalue weighted by atomic mass is 10.1. The van der Waals surface area contributed by atoms with Crippen molar-refractivity contribution in [2.24, 2.45) is 0 Å². The van der Waals surface area contributed by atoms with Crippen molar-refractivity contribution in [3.63, 3.8) is 0 Å². The van der Waals surface area contributed by atoms with E-state index in [-0.39, 0.29) is 17.4 Å². The molecule has 1 rings (SSSR count). The predicted octanol–water partition coefficient (Wildman–Crippen LogP) is 3.45. The van der Waals surface area contributed by atoms with Crippen molar-refractivity contribution < 1.29 is 14.2 Å². The lowest BCUT2D eigenvalue weighted by Crippen LogP contribution is -2.12. The molecule has 0 bridgehead atoms. The van der Waals surface area contributed by atoms with Crippen LogP contribution in [0.15, 0.2) is 18.2 Å². The average molecular weight is 267 g/mol. The molecule has 1 aromatic rings. The smallest absolute Gasteiger partial charge is 0.170 e. The predicted molar refractivity (Wildman–Crippen MR) is 62.6 cm³/mol. The molecule has 16 heavy (non-hydrogen) atoms. The third-order valence-electron chi connectivity index (χ3n) is 1.91. The number of hydrogen-bond acceptors (Lipinski definition) is 2. The van der Waals surface area contributed by atoms with Crippen LogP contribution in [0.5, 0.6) is 5.75 Å². The van der Waals surface area contributed by atoms with Gasteiger partial charge in [0.1, 0.15) is 10.9 Å². The van der Waals surface area contributed by atoms with Gasteiger partial charge in [-0.1, -0.05) is 12.1 Å². The van der Waals surface area contributed by atoms with Crippen molar-refractivity contribution in [2.45, 2.75) is 30.9 Å². The van der Waals surface area contributed by atoms with Crippen LogP contribution in [0.4, 0.5) is 4.39 Å². The minimum Gasteiger partial charge on any atom is -0.488 e. The van der Waals surface area contributed by atoms with E-state index in [4.69, 9.17) is 27.9 Å². The Morgan fingerprint density at radius 2 is 1.94 bits per heavy atom. The van der Waals surface area contributed by atoms with Gasteiger partial charge in [-0.2, -0.15) is 0 Å². The normalized spacial score (nSPS) is 13.2. The Morgan fingerprint density at radius 3 is 2.44 bits per heavy atom. The molecule has 0 aliphatic carbocycles. The van der Waals surface area contributed by atoms with Gasteiger partial charge in [-0.3, -0.25) is 0 Å². The number of aliphatic hydroxyl groups excluding tert-OH is 1. The largest absolute Gasteiger partial charge is 0.488 e. The van der Waals surface area contributed by atoms with Crippen LogP contribution in [0.3, 0.4) is 0 Å². The highest BCUT2D eigenvalue weighted by Crippen LogP contribution is 2.30. The number of halogens is 3. The van der Waals surface area contributed by atoms with Crippen LogP contribution < -0.4 is 4.74 Å². The number of hydrogen-bond donors (Lipinski definition) is 1. The summed E-state index contributed by atoms with van der Waals surface area (Å²) in [6, 6.07) is 4.49. The van der Waals surface area contributed by atoms with E-state index >= 15 is 0 Å². The van der Waals surface area contributed by atoms with E-state index < -0.39 is 16.8 Å². The first kappa shape index (κ1) is 13.6. The van der Waals surface area contributed by atoms with Gasteiger partial charge < -0.3 is 9.84 Å². The van der Waals surface area contributed by atoms with Gasteiger partial charge in [0, 0.05) is 5.56 Å². The Labute approximate surface area is 104 Å². The summed E-state index contributed by atoms with van der Waals surface area (Å²) in [6.45, 7) is 3.57. The first-order valence-electron chi connectivity index (χ1n) is 4.84. The van der Waals surface area contributed by atoms with Gasteiger partial charge in [-0.05, 0) is 19.9 Å². The van der Waals surface area contributed by atoms with Gasteiger partial charge in [0.05, 0.1) is 6.10 Å². The van der Waals surface area contributed by atoms with E-state index in [1.165, 1.54) is 12.1 Å². The van der Waals surface area contributed by atoms with Crippen molar-refractivity contribution in [1.82, 2.24) is 0 Å². The summed E-state index contributed by atoms with van der Waals surface area (Å²) in [5.74, 6) is -0.546. The van der Waals surface area contributed by atoms with Gasteiger partial charge in [0.15, 0.2) is 11.6 Å². The van der Waals surface area contributed by atoms with Crippen LogP contribution in [0, 0.1) is 5.82 Å². The molecule has 0 aromatic heterocycles. The molecule has 1 unspecified atom stereocenters. The molecule has 0 saturated heterocycles. The lowest BCUT2D eigenvalue weighted by molar-refractivity contribution is 0.182. The number of ether oxygens (including phenoxy) is 1. The van der Waals surface area contributed by atoms with Gasteiger partial charge in [-0.25, -0.2) is 4.39 Å². The summed E-state index contributed by atoms with van der Waals surface area (Å²) in [5, 5.41) is 9.58. The number of alkyl halides is 2. The highest BCUT2D eigenvalue weighted by atomic mass is 35.5. The molecular weight excluding hydrogens is 254 g/mol. The Hall–Kier alpha value is -0.510. The molecule has 1 N–H and O–H groups in total. The zero-order chi connectivity index (χ0) is 12.3. The molecule has 0 aliphatic heterocycles. The van der Waals surface area contributed by atoms with E-state index in [0.29, 0.717) is 0 Å². The van der Waals surface area contributed by atoms with Gasteiger partial charge in [0.2, 0.25) is 0 Å². The fourth-order valence-electron chi connectivity index (χ4n) is 1.24. The van der Waals surface area contributed by atoms with E-state index in [0.717, 1.165) is 0 Å². The van der Waals surface area contributed by atoms with Crippen LogP contribution in [0.1, 0.15) is 25.5 Å². The molecule has 0 aliphatic rings. The maximum Gasteiger partial charge on any atom is 0.170 e. The quantitative estimate of drug-likeness (QED) is 0.846. The Bertz CT molecular complexity index is 356. The maximum absolute atomic E-state index is 13.8. The number of aliphatic hydroxyl groups is 1. The van der Waals surface area contributed by atoms with Crippen LogP contribution in [0.25, 0.3) is 0 Å². The highest BCUT2D eigenvalue weighted by Gasteiger charge is 2.22. The van der Waals surface area contributed by atoms with E-state index in [2.05, 4.69) is 0 Å². The van der Waals surface area contributed by atoms with Crippen molar-refractivity contribution >= 4 is 23.2 Å². The zero-order valence-corrected chi connectivity index (χ0v) is 10.5. The molecule has 1 atom stereocenters. The monoisotopic (exact) mass is 266 g/mol. The summed E-state index contributed by atoms with van der Waals surface area (Å²) in [6.07, 6.45) is -1.41. The Balaban J connectivity index is 3.03. The van der Waals surface area contributed by atoms with Gasteiger partial charge in [-0.15, -0.1) is 23.2 Å². The third kappa shape index (κ3) is 3.24. The standard InChI is InChI=1S/C11H13Cl2FO2/c1-6(2)16-8-5-3-4-7(9(8)14)10(15)11(12)13/h3-6,10-11,15H,1-2H3. The number of benzene rings is 1. The van der Waals surface area contributed by atoms with Crippen molar-refractivity contribution in [3.05, 3.63) is 29.6 Å². The molecule has 0 saturated carbocycles. The minimum absolute atomic E-state index is 0.0353. The second kappa shape index (κ2) is 5.71. The molecule has 0 fully saturated rings. The van der Waals surface area contributed by atoms with Crippen LogP contribution in [0.2, 0.25) is 0 Å². The molecule has 2 nitrogen and oxygen atoms in total. The zero-order valence-electron chi connectivity index (χ0n) is 8.95. The first-order chi connectivity index (χ1) is 7.43. The van der Waals surface area contributed by atoms with Crippen molar-refractivity contribution in [1.29, 1.82) is 0 Å². The second-order valence-electron chi connectivity index (χ2n) is 3.61. The average Bonchev–Trinajstić information content (AvgIpc) is 2.19. The van der Waals surface area contributed by atoms with Crippen LogP contribution in [-0.2, 0) is 0 Å². The number of rotatable bonds is 4.